The van der Waals surface area contributed by atoms with Crippen molar-refractivity contribution in [1.82, 2.24) is 4.90 Å². The van der Waals surface area contributed by atoms with Crippen LogP contribution in [0.25, 0.3) is 0 Å². The SMILES string of the molecule is CCOC(=O)CN(CC(F)(F)F)C(=O)c1cc(OC)c2c(c1)OCCO2. The molecule has 0 radical (unpaired) electrons. The molecule has 1 aromatic carbocycles. The Morgan fingerprint density at radius 1 is 1.23 bits per heavy atom. The van der Waals surface area contributed by atoms with Crippen LogP contribution in [0, 0.1) is 0 Å². The van der Waals surface area contributed by atoms with E-state index in [0.29, 0.717) is 4.90 Å². The lowest BCUT2D eigenvalue weighted by Crippen LogP contribution is -2.42. The molecule has 0 unspecified atom stereocenters. The van der Waals surface area contributed by atoms with Gasteiger partial charge in [0.15, 0.2) is 11.5 Å². The number of methoxy groups -OCH3 is 1. The second kappa shape index (κ2) is 8.15. The molecule has 0 spiro atoms. The molecule has 0 bridgehead atoms. The van der Waals surface area contributed by atoms with Gasteiger partial charge in [-0.15, -0.1) is 0 Å². The zero-order valence-corrected chi connectivity index (χ0v) is 14.2. The minimum absolute atomic E-state index is 0.00920. The number of alkyl halides is 3. The summed E-state index contributed by atoms with van der Waals surface area (Å²) in [6.07, 6.45) is -4.68. The Kier molecular flexibility index (Phi) is 6.17. The fraction of sp³-hybridized carbons (Fsp3) is 0.500. The van der Waals surface area contributed by atoms with Gasteiger partial charge in [0.05, 0.1) is 13.7 Å². The summed E-state index contributed by atoms with van der Waals surface area (Å²) in [5.74, 6) is -1.35. The van der Waals surface area contributed by atoms with Crippen LogP contribution in [0.3, 0.4) is 0 Å². The van der Waals surface area contributed by atoms with Gasteiger partial charge in [-0.1, -0.05) is 0 Å². The van der Waals surface area contributed by atoms with Crippen LogP contribution >= 0.6 is 0 Å². The first kappa shape index (κ1) is 19.7. The fourth-order valence-corrected chi connectivity index (χ4v) is 2.36. The maximum absolute atomic E-state index is 12.8. The van der Waals surface area contributed by atoms with Gasteiger partial charge in [-0.3, -0.25) is 9.59 Å². The number of carbonyl (C=O) groups is 2. The number of nitrogens with zero attached hydrogens (tertiary/aromatic N) is 1. The van der Waals surface area contributed by atoms with Crippen molar-refractivity contribution in [2.75, 3.05) is 40.0 Å². The smallest absolute Gasteiger partial charge is 0.406 e. The third-order valence-corrected chi connectivity index (χ3v) is 3.36. The molecule has 0 N–H and O–H groups in total. The van der Waals surface area contributed by atoms with E-state index in [-0.39, 0.29) is 42.6 Å². The molecule has 1 aliphatic rings. The average Bonchev–Trinajstić information content (AvgIpc) is 2.58. The summed E-state index contributed by atoms with van der Waals surface area (Å²) >= 11 is 0. The van der Waals surface area contributed by atoms with E-state index in [4.69, 9.17) is 14.2 Å². The summed E-state index contributed by atoms with van der Waals surface area (Å²) in [5.41, 5.74) is -0.125. The lowest BCUT2D eigenvalue weighted by atomic mass is 10.1. The minimum Gasteiger partial charge on any atom is -0.493 e. The van der Waals surface area contributed by atoms with Gasteiger partial charge in [0.1, 0.15) is 26.3 Å². The van der Waals surface area contributed by atoms with Crippen molar-refractivity contribution in [1.29, 1.82) is 0 Å². The summed E-state index contributed by atoms with van der Waals surface area (Å²) in [6, 6.07) is 2.50. The predicted molar refractivity (Wildman–Crippen MR) is 82.6 cm³/mol. The number of benzene rings is 1. The third-order valence-electron chi connectivity index (χ3n) is 3.36. The van der Waals surface area contributed by atoms with Crippen LogP contribution < -0.4 is 14.2 Å². The van der Waals surface area contributed by atoms with Crippen molar-refractivity contribution in [2.45, 2.75) is 13.1 Å². The lowest BCUT2D eigenvalue weighted by molar-refractivity contribution is -0.153. The van der Waals surface area contributed by atoms with Crippen molar-refractivity contribution >= 4 is 11.9 Å². The van der Waals surface area contributed by atoms with Gasteiger partial charge < -0.3 is 23.8 Å². The normalized spacial score (nSPS) is 13.1. The van der Waals surface area contributed by atoms with Crippen LogP contribution in [0.1, 0.15) is 17.3 Å². The second-order valence-corrected chi connectivity index (χ2v) is 5.28. The summed E-state index contributed by atoms with van der Waals surface area (Å²) in [5, 5.41) is 0. The number of carbonyl (C=O) groups excluding carboxylic acids is 2. The Morgan fingerprint density at radius 2 is 1.92 bits per heavy atom. The van der Waals surface area contributed by atoms with Crippen LogP contribution in [0.15, 0.2) is 12.1 Å². The van der Waals surface area contributed by atoms with Crippen LogP contribution in [0.5, 0.6) is 17.2 Å². The molecule has 1 aromatic rings. The molecular formula is C16H18F3NO6. The van der Waals surface area contributed by atoms with E-state index in [1.165, 1.54) is 26.2 Å². The summed E-state index contributed by atoms with van der Waals surface area (Å²) < 4.78 is 59.0. The minimum atomic E-state index is -4.68. The van der Waals surface area contributed by atoms with Crippen molar-refractivity contribution in [2.24, 2.45) is 0 Å². The van der Waals surface area contributed by atoms with E-state index in [1.807, 2.05) is 0 Å². The largest absolute Gasteiger partial charge is 0.493 e. The number of halogens is 3. The molecule has 0 fully saturated rings. The molecule has 0 atom stereocenters. The monoisotopic (exact) mass is 377 g/mol. The molecule has 2 rings (SSSR count). The topological polar surface area (TPSA) is 74.3 Å². The van der Waals surface area contributed by atoms with Gasteiger partial charge in [0, 0.05) is 5.56 Å². The number of hydrogen-bond acceptors (Lipinski definition) is 6. The molecule has 0 aromatic heterocycles. The van der Waals surface area contributed by atoms with E-state index < -0.39 is 31.1 Å². The van der Waals surface area contributed by atoms with Gasteiger partial charge in [0.2, 0.25) is 5.75 Å². The Hall–Kier alpha value is -2.65. The van der Waals surface area contributed by atoms with Gasteiger partial charge in [-0.25, -0.2) is 0 Å². The Balaban J connectivity index is 2.33. The van der Waals surface area contributed by atoms with E-state index in [0.717, 1.165) is 0 Å². The molecular weight excluding hydrogens is 359 g/mol. The second-order valence-electron chi connectivity index (χ2n) is 5.28. The molecule has 0 saturated heterocycles. The highest BCUT2D eigenvalue weighted by atomic mass is 19.4. The van der Waals surface area contributed by atoms with Crippen LogP contribution in [-0.2, 0) is 9.53 Å². The first-order chi connectivity index (χ1) is 12.2. The van der Waals surface area contributed by atoms with E-state index in [2.05, 4.69) is 4.74 Å². The number of fused-ring (bicyclic) bond motifs is 1. The van der Waals surface area contributed by atoms with Gasteiger partial charge >= 0.3 is 12.1 Å². The van der Waals surface area contributed by atoms with Crippen molar-refractivity contribution in [3.05, 3.63) is 17.7 Å². The van der Waals surface area contributed by atoms with Gasteiger partial charge in [0.25, 0.3) is 5.91 Å². The number of esters is 1. The van der Waals surface area contributed by atoms with Crippen molar-refractivity contribution < 1.29 is 41.7 Å². The maximum atomic E-state index is 12.8. The Labute approximate surface area is 147 Å². The molecule has 144 valence electrons. The van der Waals surface area contributed by atoms with Crippen molar-refractivity contribution in [3.8, 4) is 17.2 Å². The zero-order chi connectivity index (χ0) is 19.3. The molecule has 1 amide bonds. The van der Waals surface area contributed by atoms with Gasteiger partial charge in [-0.05, 0) is 19.1 Å². The van der Waals surface area contributed by atoms with E-state index >= 15 is 0 Å². The maximum Gasteiger partial charge on any atom is 0.406 e. The highest BCUT2D eigenvalue weighted by molar-refractivity contribution is 5.97. The highest BCUT2D eigenvalue weighted by Gasteiger charge is 2.35. The summed E-state index contributed by atoms with van der Waals surface area (Å²) in [6.45, 7) is -0.419. The molecule has 0 saturated carbocycles. The molecule has 10 heteroatoms. The van der Waals surface area contributed by atoms with E-state index in [1.54, 1.807) is 0 Å². The summed E-state index contributed by atoms with van der Waals surface area (Å²) in [7, 11) is 1.33. The summed E-state index contributed by atoms with van der Waals surface area (Å²) in [4.78, 5) is 24.5. The molecule has 0 aliphatic carbocycles. The Morgan fingerprint density at radius 3 is 2.54 bits per heavy atom. The lowest BCUT2D eigenvalue weighted by Gasteiger charge is -2.25. The van der Waals surface area contributed by atoms with Crippen molar-refractivity contribution in [3.63, 3.8) is 0 Å². The predicted octanol–water partition coefficient (Wildman–Crippen LogP) is 2.03. The quantitative estimate of drug-likeness (QED) is 0.707. The standard InChI is InChI=1S/C16H18F3NO6/c1-3-24-13(21)8-20(9-16(17,18)19)15(22)10-6-11(23-2)14-12(7-10)25-4-5-26-14/h6-7H,3-5,8-9H2,1-2H3. The number of hydrogen-bond donors (Lipinski definition) is 0. The van der Waals surface area contributed by atoms with Crippen LogP contribution in [-0.4, -0.2) is 63.0 Å². The first-order valence-electron chi connectivity index (χ1n) is 7.74. The molecule has 26 heavy (non-hydrogen) atoms. The first-order valence-corrected chi connectivity index (χ1v) is 7.74. The fourth-order valence-electron chi connectivity index (χ4n) is 2.36. The zero-order valence-electron chi connectivity index (χ0n) is 14.2. The van der Waals surface area contributed by atoms with Crippen LogP contribution in [0.2, 0.25) is 0 Å². The number of amides is 1. The Bertz CT molecular complexity index is 659. The van der Waals surface area contributed by atoms with E-state index in [9.17, 15) is 22.8 Å². The number of rotatable bonds is 6. The van der Waals surface area contributed by atoms with Crippen LogP contribution in [0.4, 0.5) is 13.2 Å². The number of ether oxygens (including phenoxy) is 4. The molecule has 1 heterocycles. The highest BCUT2D eigenvalue weighted by Crippen LogP contribution is 2.40. The molecule has 1 aliphatic heterocycles. The average molecular weight is 377 g/mol. The third kappa shape index (κ3) is 4.93. The molecule has 7 nitrogen and oxygen atoms in total. The van der Waals surface area contributed by atoms with Gasteiger partial charge in [-0.2, -0.15) is 13.2 Å².